The second-order valence-corrected chi connectivity index (χ2v) is 7.71. The number of nitrogens with zero attached hydrogens (tertiary/aromatic N) is 3. The summed E-state index contributed by atoms with van der Waals surface area (Å²) in [5.41, 5.74) is 0.458. The normalized spacial score (nSPS) is 24.2. The molecule has 6 nitrogen and oxygen atoms in total. The SMILES string of the molecule is CN1CCC2(CCC1=O)CN(C(=O)NCCc1ccccc1F)CCN2C. The minimum atomic E-state index is -0.238. The maximum Gasteiger partial charge on any atom is 0.317 e. The molecular weight excluding hydrogens is 347 g/mol. The Morgan fingerprint density at radius 1 is 1.19 bits per heavy atom. The number of benzene rings is 1. The van der Waals surface area contributed by atoms with E-state index < -0.39 is 0 Å². The van der Waals surface area contributed by atoms with Gasteiger partial charge in [0.25, 0.3) is 0 Å². The van der Waals surface area contributed by atoms with Gasteiger partial charge in [-0.15, -0.1) is 0 Å². The average molecular weight is 376 g/mol. The molecule has 2 saturated heterocycles. The molecule has 27 heavy (non-hydrogen) atoms. The molecule has 0 aromatic heterocycles. The molecule has 1 N–H and O–H groups in total. The largest absolute Gasteiger partial charge is 0.346 e. The van der Waals surface area contributed by atoms with Gasteiger partial charge in [0.05, 0.1) is 0 Å². The van der Waals surface area contributed by atoms with Gasteiger partial charge in [-0.05, 0) is 37.9 Å². The Hall–Kier alpha value is -2.15. The smallest absolute Gasteiger partial charge is 0.317 e. The molecule has 3 rings (SSSR count). The molecule has 2 fully saturated rings. The first-order valence-electron chi connectivity index (χ1n) is 9.63. The zero-order chi connectivity index (χ0) is 19.4. The first kappa shape index (κ1) is 19.6. The summed E-state index contributed by atoms with van der Waals surface area (Å²) in [6, 6.07) is 6.53. The van der Waals surface area contributed by atoms with Crippen LogP contribution in [-0.2, 0) is 11.2 Å². The number of amides is 3. The van der Waals surface area contributed by atoms with Crippen molar-refractivity contribution in [2.75, 3.05) is 46.8 Å². The fourth-order valence-electron chi connectivity index (χ4n) is 4.05. The Morgan fingerprint density at radius 2 is 1.96 bits per heavy atom. The Bertz CT molecular complexity index is 698. The van der Waals surface area contributed by atoms with Crippen molar-refractivity contribution < 1.29 is 14.0 Å². The number of piperazine rings is 1. The van der Waals surface area contributed by atoms with Crippen LogP contribution in [0.3, 0.4) is 0 Å². The average Bonchev–Trinajstić information content (AvgIpc) is 2.80. The zero-order valence-electron chi connectivity index (χ0n) is 16.2. The molecule has 148 valence electrons. The van der Waals surface area contributed by atoms with Crippen LogP contribution >= 0.6 is 0 Å². The molecule has 1 aromatic rings. The van der Waals surface area contributed by atoms with Crippen LogP contribution in [0.1, 0.15) is 24.8 Å². The van der Waals surface area contributed by atoms with Crippen molar-refractivity contribution in [1.29, 1.82) is 0 Å². The number of carbonyl (C=O) groups excluding carboxylic acids is 2. The number of likely N-dealkylation sites (N-methyl/N-ethyl adjacent to an activating group) is 1. The van der Waals surface area contributed by atoms with E-state index in [2.05, 4.69) is 17.3 Å². The molecule has 2 heterocycles. The molecule has 0 bridgehead atoms. The van der Waals surface area contributed by atoms with Crippen LogP contribution in [0.5, 0.6) is 0 Å². The number of rotatable bonds is 3. The van der Waals surface area contributed by atoms with Crippen LogP contribution in [0.2, 0.25) is 0 Å². The Morgan fingerprint density at radius 3 is 2.74 bits per heavy atom. The van der Waals surface area contributed by atoms with E-state index in [-0.39, 0.29) is 23.3 Å². The number of halogens is 1. The molecule has 1 spiro atoms. The minimum Gasteiger partial charge on any atom is -0.346 e. The summed E-state index contributed by atoms with van der Waals surface area (Å²) in [6.07, 6.45) is 2.62. The molecule has 2 aliphatic heterocycles. The molecular formula is C20H29FN4O2. The fourth-order valence-corrected chi connectivity index (χ4v) is 4.05. The summed E-state index contributed by atoms with van der Waals surface area (Å²) >= 11 is 0. The maximum atomic E-state index is 13.7. The lowest BCUT2D eigenvalue weighted by Gasteiger charge is -2.49. The van der Waals surface area contributed by atoms with Gasteiger partial charge in [0, 0.05) is 51.7 Å². The molecule has 7 heteroatoms. The van der Waals surface area contributed by atoms with E-state index in [0.717, 1.165) is 19.4 Å². The highest BCUT2D eigenvalue weighted by Crippen LogP contribution is 2.31. The van der Waals surface area contributed by atoms with Gasteiger partial charge in [-0.3, -0.25) is 9.69 Å². The topological polar surface area (TPSA) is 55.9 Å². The van der Waals surface area contributed by atoms with Gasteiger partial charge < -0.3 is 15.1 Å². The monoisotopic (exact) mass is 376 g/mol. The highest BCUT2D eigenvalue weighted by atomic mass is 19.1. The zero-order valence-corrected chi connectivity index (χ0v) is 16.2. The van der Waals surface area contributed by atoms with Gasteiger partial charge >= 0.3 is 6.03 Å². The summed E-state index contributed by atoms with van der Waals surface area (Å²) < 4.78 is 13.7. The summed E-state index contributed by atoms with van der Waals surface area (Å²) in [4.78, 5) is 30.6. The van der Waals surface area contributed by atoms with Crippen molar-refractivity contribution in [2.24, 2.45) is 0 Å². The molecule has 0 aliphatic carbocycles. The Labute approximate surface area is 160 Å². The lowest BCUT2D eigenvalue weighted by atomic mass is 9.86. The van der Waals surface area contributed by atoms with Gasteiger partial charge in [-0.1, -0.05) is 18.2 Å². The lowest BCUT2D eigenvalue weighted by Crippen LogP contribution is -2.63. The fraction of sp³-hybridized carbons (Fsp3) is 0.600. The molecule has 0 saturated carbocycles. The van der Waals surface area contributed by atoms with Crippen LogP contribution in [-0.4, -0.2) is 79.0 Å². The summed E-state index contributed by atoms with van der Waals surface area (Å²) in [5, 5.41) is 2.92. The van der Waals surface area contributed by atoms with E-state index in [1.165, 1.54) is 6.07 Å². The van der Waals surface area contributed by atoms with Crippen molar-refractivity contribution in [3.8, 4) is 0 Å². The highest BCUT2D eigenvalue weighted by Gasteiger charge is 2.42. The van der Waals surface area contributed by atoms with Crippen LogP contribution < -0.4 is 5.32 Å². The van der Waals surface area contributed by atoms with Crippen molar-refractivity contribution in [2.45, 2.75) is 31.2 Å². The molecule has 1 aromatic carbocycles. The van der Waals surface area contributed by atoms with Gasteiger partial charge in [-0.2, -0.15) is 0 Å². The van der Waals surface area contributed by atoms with Crippen molar-refractivity contribution in [1.82, 2.24) is 20.0 Å². The summed E-state index contributed by atoms with van der Waals surface area (Å²) in [7, 11) is 3.93. The summed E-state index contributed by atoms with van der Waals surface area (Å²) in [6.45, 7) is 3.19. The van der Waals surface area contributed by atoms with Gasteiger partial charge in [0.2, 0.25) is 5.91 Å². The number of carbonyl (C=O) groups is 2. The third-order valence-electron chi connectivity index (χ3n) is 6.06. The molecule has 3 amide bonds. The molecule has 0 radical (unpaired) electrons. The highest BCUT2D eigenvalue weighted by molar-refractivity contribution is 5.76. The van der Waals surface area contributed by atoms with E-state index in [0.29, 0.717) is 44.6 Å². The van der Waals surface area contributed by atoms with Crippen molar-refractivity contribution in [3.05, 3.63) is 35.6 Å². The number of hydrogen-bond donors (Lipinski definition) is 1. The first-order valence-corrected chi connectivity index (χ1v) is 9.63. The maximum absolute atomic E-state index is 13.7. The van der Waals surface area contributed by atoms with Crippen LogP contribution in [0.15, 0.2) is 24.3 Å². The second kappa shape index (κ2) is 8.25. The third-order valence-corrected chi connectivity index (χ3v) is 6.06. The van der Waals surface area contributed by atoms with Crippen LogP contribution in [0.4, 0.5) is 9.18 Å². The van der Waals surface area contributed by atoms with Crippen LogP contribution in [0.25, 0.3) is 0 Å². The predicted molar refractivity (Wildman–Crippen MR) is 102 cm³/mol. The summed E-state index contributed by atoms with van der Waals surface area (Å²) in [5.74, 6) is -0.0655. The quantitative estimate of drug-likeness (QED) is 0.874. The molecule has 2 aliphatic rings. The number of nitrogens with one attached hydrogen (secondary N) is 1. The predicted octanol–water partition coefficient (Wildman–Crippen LogP) is 1.71. The van der Waals surface area contributed by atoms with E-state index in [9.17, 15) is 14.0 Å². The Kier molecular flexibility index (Phi) is 5.99. The third kappa shape index (κ3) is 4.40. The van der Waals surface area contributed by atoms with Crippen LogP contribution in [0, 0.1) is 5.82 Å². The van der Waals surface area contributed by atoms with E-state index >= 15 is 0 Å². The van der Waals surface area contributed by atoms with E-state index in [4.69, 9.17) is 0 Å². The van der Waals surface area contributed by atoms with Gasteiger partial charge in [0.1, 0.15) is 5.82 Å². The number of likely N-dealkylation sites (tertiary alicyclic amines) is 1. The van der Waals surface area contributed by atoms with Crippen molar-refractivity contribution in [3.63, 3.8) is 0 Å². The van der Waals surface area contributed by atoms with E-state index in [1.807, 2.05) is 11.9 Å². The first-order chi connectivity index (χ1) is 12.9. The standard InChI is InChI=1S/C20H29FN4O2/c1-23-12-10-20(9-7-18(23)26)15-25(14-13-24(20)2)19(27)22-11-8-16-5-3-4-6-17(16)21/h3-6H,7-15H2,1-2H3,(H,22,27). The second-order valence-electron chi connectivity index (χ2n) is 7.71. The van der Waals surface area contributed by atoms with Gasteiger partial charge in [0.15, 0.2) is 0 Å². The molecule has 1 unspecified atom stereocenters. The minimum absolute atomic E-state index is 0.109. The Balaban J connectivity index is 1.57. The van der Waals surface area contributed by atoms with E-state index in [1.54, 1.807) is 23.1 Å². The number of urea groups is 1. The number of hydrogen-bond acceptors (Lipinski definition) is 3. The van der Waals surface area contributed by atoms with Gasteiger partial charge in [-0.25, -0.2) is 9.18 Å². The molecule has 1 atom stereocenters. The van der Waals surface area contributed by atoms with Crippen molar-refractivity contribution >= 4 is 11.9 Å². The lowest BCUT2D eigenvalue weighted by molar-refractivity contribution is -0.129.